The fourth-order valence-corrected chi connectivity index (χ4v) is 3.13. The first-order valence-electron chi connectivity index (χ1n) is 6.85. The Balaban J connectivity index is 1.84. The summed E-state index contributed by atoms with van der Waals surface area (Å²) in [6.07, 6.45) is 3.71. The van der Waals surface area contributed by atoms with Crippen LogP contribution in [0.1, 0.15) is 16.6 Å². The van der Waals surface area contributed by atoms with Gasteiger partial charge in [-0.1, -0.05) is 23.7 Å². The molecule has 0 atom stereocenters. The number of aromatic nitrogens is 2. The van der Waals surface area contributed by atoms with E-state index in [9.17, 15) is 4.79 Å². The van der Waals surface area contributed by atoms with E-state index in [1.165, 1.54) is 11.3 Å². The highest BCUT2D eigenvalue weighted by molar-refractivity contribution is 7.18. The van der Waals surface area contributed by atoms with E-state index in [1.54, 1.807) is 18.3 Å². The summed E-state index contributed by atoms with van der Waals surface area (Å²) in [6, 6.07) is 11.1. The molecule has 0 aliphatic carbocycles. The van der Waals surface area contributed by atoms with Gasteiger partial charge in [0.05, 0.1) is 9.21 Å². The molecule has 1 amide bonds. The van der Waals surface area contributed by atoms with Crippen LogP contribution < -0.4 is 5.32 Å². The number of amides is 1. The first kappa shape index (κ1) is 14.8. The molecule has 0 spiro atoms. The van der Waals surface area contributed by atoms with Crippen LogP contribution >= 0.6 is 22.9 Å². The highest BCUT2D eigenvalue weighted by Gasteiger charge is 2.10. The summed E-state index contributed by atoms with van der Waals surface area (Å²) in [5.41, 5.74) is 1.70. The molecule has 0 saturated carbocycles. The van der Waals surface area contributed by atoms with Gasteiger partial charge in [-0.3, -0.25) is 4.79 Å². The molecule has 0 unspecified atom stereocenters. The molecule has 0 radical (unpaired) electrons. The summed E-state index contributed by atoms with van der Waals surface area (Å²) in [4.78, 5) is 17.1. The minimum Gasteiger partial charge on any atom is -0.331 e. The van der Waals surface area contributed by atoms with Gasteiger partial charge in [-0.2, -0.15) is 0 Å². The lowest BCUT2D eigenvalue weighted by Gasteiger charge is -2.08. The number of rotatable bonds is 4. The fraction of sp³-hybridized carbons (Fsp3) is 0.125. The smallest absolute Gasteiger partial charge is 0.265 e. The van der Waals surface area contributed by atoms with Gasteiger partial charge in [-0.15, -0.1) is 11.3 Å². The van der Waals surface area contributed by atoms with Crippen LogP contribution in [0.5, 0.6) is 0 Å². The minimum atomic E-state index is -0.159. The number of hydrogen-bond donors (Lipinski definition) is 1. The standard InChI is InChI=1S/C16H14ClN3OS/c1-2-20-9-8-18-15(20)11-4-3-5-12(10-11)19-16(21)13-6-7-14(17)22-13/h3-10H,2H2,1H3,(H,19,21). The molecule has 3 aromatic rings. The molecule has 0 saturated heterocycles. The van der Waals surface area contributed by atoms with Crippen LogP contribution in [0, 0.1) is 0 Å². The Morgan fingerprint density at radius 3 is 2.95 bits per heavy atom. The van der Waals surface area contributed by atoms with Gasteiger partial charge in [-0.25, -0.2) is 4.98 Å². The number of anilines is 1. The molecular weight excluding hydrogens is 318 g/mol. The molecule has 3 rings (SSSR count). The lowest BCUT2D eigenvalue weighted by molar-refractivity contribution is 0.103. The summed E-state index contributed by atoms with van der Waals surface area (Å²) in [7, 11) is 0. The van der Waals surface area contributed by atoms with Gasteiger partial charge in [0.25, 0.3) is 5.91 Å². The second-order valence-electron chi connectivity index (χ2n) is 4.68. The van der Waals surface area contributed by atoms with Crippen molar-refractivity contribution in [3.8, 4) is 11.4 Å². The van der Waals surface area contributed by atoms with Gasteiger partial charge in [0.2, 0.25) is 0 Å². The second-order valence-corrected chi connectivity index (χ2v) is 6.39. The van der Waals surface area contributed by atoms with E-state index in [2.05, 4.69) is 21.8 Å². The van der Waals surface area contributed by atoms with E-state index in [0.29, 0.717) is 9.21 Å². The van der Waals surface area contributed by atoms with E-state index in [1.807, 2.05) is 30.5 Å². The Labute approximate surface area is 137 Å². The van der Waals surface area contributed by atoms with Crippen LogP contribution in [-0.4, -0.2) is 15.5 Å². The van der Waals surface area contributed by atoms with Gasteiger partial charge < -0.3 is 9.88 Å². The molecule has 2 heterocycles. The summed E-state index contributed by atoms with van der Waals surface area (Å²) in [5, 5.41) is 2.89. The van der Waals surface area contributed by atoms with Crippen LogP contribution in [0.2, 0.25) is 4.34 Å². The SMILES string of the molecule is CCn1ccnc1-c1cccc(NC(=O)c2ccc(Cl)s2)c1. The number of carbonyl (C=O) groups is 1. The predicted molar refractivity (Wildman–Crippen MR) is 90.6 cm³/mol. The van der Waals surface area contributed by atoms with Crippen LogP contribution in [0.25, 0.3) is 11.4 Å². The van der Waals surface area contributed by atoms with Crippen molar-refractivity contribution in [2.24, 2.45) is 0 Å². The van der Waals surface area contributed by atoms with Crippen molar-refractivity contribution in [2.75, 3.05) is 5.32 Å². The molecule has 112 valence electrons. The van der Waals surface area contributed by atoms with Crippen molar-refractivity contribution >= 4 is 34.5 Å². The van der Waals surface area contributed by atoms with Crippen molar-refractivity contribution in [1.82, 2.24) is 9.55 Å². The number of thiophene rings is 1. The van der Waals surface area contributed by atoms with E-state index in [4.69, 9.17) is 11.6 Å². The molecule has 0 fully saturated rings. The maximum Gasteiger partial charge on any atom is 0.265 e. The third-order valence-corrected chi connectivity index (χ3v) is 4.46. The number of nitrogens with one attached hydrogen (secondary N) is 1. The van der Waals surface area contributed by atoms with Crippen LogP contribution in [0.4, 0.5) is 5.69 Å². The molecule has 1 aromatic carbocycles. The Bertz CT molecular complexity index is 809. The summed E-state index contributed by atoms with van der Waals surface area (Å²) in [5.74, 6) is 0.727. The zero-order valence-corrected chi connectivity index (χ0v) is 13.5. The number of halogens is 1. The zero-order valence-electron chi connectivity index (χ0n) is 11.9. The monoisotopic (exact) mass is 331 g/mol. The number of hydrogen-bond acceptors (Lipinski definition) is 3. The van der Waals surface area contributed by atoms with Gasteiger partial charge >= 0.3 is 0 Å². The molecule has 0 aliphatic heterocycles. The number of imidazole rings is 1. The summed E-state index contributed by atoms with van der Waals surface area (Å²) in [6.45, 7) is 2.91. The number of aryl methyl sites for hydroxylation is 1. The van der Waals surface area contributed by atoms with E-state index >= 15 is 0 Å². The molecule has 22 heavy (non-hydrogen) atoms. The Morgan fingerprint density at radius 2 is 2.23 bits per heavy atom. The molecule has 1 N–H and O–H groups in total. The molecule has 0 bridgehead atoms. The van der Waals surface area contributed by atoms with Crippen LogP contribution in [-0.2, 0) is 6.54 Å². The number of nitrogens with zero attached hydrogens (tertiary/aromatic N) is 2. The third kappa shape index (κ3) is 3.05. The molecule has 0 aliphatic rings. The maximum absolute atomic E-state index is 12.2. The van der Waals surface area contributed by atoms with Crippen molar-refractivity contribution in [1.29, 1.82) is 0 Å². The average Bonchev–Trinajstić information content (AvgIpc) is 3.15. The third-order valence-electron chi connectivity index (χ3n) is 3.23. The molecule has 2 aromatic heterocycles. The van der Waals surface area contributed by atoms with Gasteiger partial charge in [0, 0.05) is 30.2 Å². The zero-order chi connectivity index (χ0) is 15.5. The molecular formula is C16H14ClN3OS. The first-order chi connectivity index (χ1) is 10.7. The van der Waals surface area contributed by atoms with Gasteiger partial charge in [0.15, 0.2) is 0 Å². The number of carbonyl (C=O) groups excluding carboxylic acids is 1. The van der Waals surface area contributed by atoms with Crippen molar-refractivity contribution in [3.63, 3.8) is 0 Å². The summed E-state index contributed by atoms with van der Waals surface area (Å²) >= 11 is 7.12. The van der Waals surface area contributed by atoms with Crippen molar-refractivity contribution < 1.29 is 4.79 Å². The second kappa shape index (κ2) is 6.34. The van der Waals surface area contributed by atoms with E-state index in [-0.39, 0.29) is 5.91 Å². The van der Waals surface area contributed by atoms with Crippen molar-refractivity contribution in [2.45, 2.75) is 13.5 Å². The molecule has 6 heteroatoms. The first-order valence-corrected chi connectivity index (χ1v) is 8.05. The fourth-order valence-electron chi connectivity index (χ4n) is 2.19. The Morgan fingerprint density at radius 1 is 1.36 bits per heavy atom. The Kier molecular flexibility index (Phi) is 4.27. The minimum absolute atomic E-state index is 0.159. The topological polar surface area (TPSA) is 46.9 Å². The predicted octanol–water partition coefficient (Wildman–Crippen LogP) is 4.54. The van der Waals surface area contributed by atoms with E-state index in [0.717, 1.165) is 23.6 Å². The lowest BCUT2D eigenvalue weighted by Crippen LogP contribution is -2.10. The van der Waals surface area contributed by atoms with Gasteiger partial charge in [-0.05, 0) is 31.2 Å². The number of benzene rings is 1. The highest BCUT2D eigenvalue weighted by atomic mass is 35.5. The van der Waals surface area contributed by atoms with Crippen LogP contribution in [0.3, 0.4) is 0 Å². The lowest BCUT2D eigenvalue weighted by atomic mass is 10.2. The highest BCUT2D eigenvalue weighted by Crippen LogP contribution is 2.24. The quantitative estimate of drug-likeness (QED) is 0.763. The van der Waals surface area contributed by atoms with Gasteiger partial charge in [0.1, 0.15) is 5.82 Å². The normalized spacial score (nSPS) is 10.6. The summed E-state index contributed by atoms with van der Waals surface area (Å²) < 4.78 is 2.66. The maximum atomic E-state index is 12.2. The van der Waals surface area contributed by atoms with Crippen molar-refractivity contribution in [3.05, 3.63) is 58.0 Å². The van der Waals surface area contributed by atoms with Crippen LogP contribution in [0.15, 0.2) is 48.8 Å². The largest absolute Gasteiger partial charge is 0.331 e. The van der Waals surface area contributed by atoms with E-state index < -0.39 is 0 Å². The molecule has 4 nitrogen and oxygen atoms in total. The Hall–Kier alpha value is -2.11. The average molecular weight is 332 g/mol.